The van der Waals surface area contributed by atoms with Crippen molar-refractivity contribution in [3.63, 3.8) is 0 Å². The molecule has 0 amide bonds. The zero-order chi connectivity index (χ0) is 15.9. The second-order valence-electron chi connectivity index (χ2n) is 4.51. The summed E-state index contributed by atoms with van der Waals surface area (Å²) in [6.07, 6.45) is 2.88. The molecule has 0 unspecified atom stereocenters. The van der Waals surface area contributed by atoms with Crippen LogP contribution in [0.4, 0.5) is 0 Å². The standard InChI is InChI=1S/C16H14ClN3O3/c17-13-1-3-15(4-2-13)23-16-7-5-14(6-8-16)21-9-10-22-20-12-18-11-19-20/h1-8,11-12H,9-10H2. The minimum Gasteiger partial charge on any atom is -0.490 e. The SMILES string of the molecule is Clc1ccc(Oc2ccc(OCCOn3cncn3)cc2)cc1. The van der Waals surface area contributed by atoms with Crippen molar-refractivity contribution in [3.05, 3.63) is 66.2 Å². The molecule has 1 heterocycles. The fourth-order valence-corrected chi connectivity index (χ4v) is 1.92. The Balaban J connectivity index is 1.46. The molecule has 0 radical (unpaired) electrons. The van der Waals surface area contributed by atoms with Crippen molar-refractivity contribution >= 4 is 11.6 Å². The summed E-state index contributed by atoms with van der Waals surface area (Å²) in [4.78, 5) is 10.3. The summed E-state index contributed by atoms with van der Waals surface area (Å²) in [6, 6.07) is 14.5. The largest absolute Gasteiger partial charge is 0.490 e. The summed E-state index contributed by atoms with van der Waals surface area (Å²) in [6.45, 7) is 0.767. The maximum absolute atomic E-state index is 5.84. The van der Waals surface area contributed by atoms with Crippen LogP contribution in [-0.2, 0) is 0 Å². The van der Waals surface area contributed by atoms with Gasteiger partial charge in [-0.25, -0.2) is 4.98 Å². The Morgan fingerprint density at radius 3 is 2.17 bits per heavy atom. The van der Waals surface area contributed by atoms with Crippen LogP contribution >= 0.6 is 11.6 Å². The Hall–Kier alpha value is -2.73. The highest BCUT2D eigenvalue weighted by Crippen LogP contribution is 2.24. The normalized spacial score (nSPS) is 10.3. The highest BCUT2D eigenvalue weighted by Gasteiger charge is 2.00. The fraction of sp³-hybridized carbons (Fsp3) is 0.125. The lowest BCUT2D eigenvalue weighted by Gasteiger charge is -2.09. The predicted molar refractivity (Wildman–Crippen MR) is 84.9 cm³/mol. The lowest BCUT2D eigenvalue weighted by atomic mass is 10.3. The zero-order valence-corrected chi connectivity index (χ0v) is 12.9. The van der Waals surface area contributed by atoms with Gasteiger partial charge in [-0.05, 0) is 48.5 Å². The predicted octanol–water partition coefficient (Wildman–Crippen LogP) is 3.23. The van der Waals surface area contributed by atoms with Gasteiger partial charge in [0.15, 0.2) is 12.9 Å². The van der Waals surface area contributed by atoms with Crippen molar-refractivity contribution in [1.29, 1.82) is 0 Å². The number of ether oxygens (including phenoxy) is 2. The van der Waals surface area contributed by atoms with Gasteiger partial charge in [-0.3, -0.25) is 0 Å². The number of halogens is 1. The highest BCUT2D eigenvalue weighted by molar-refractivity contribution is 6.30. The van der Waals surface area contributed by atoms with Gasteiger partial charge in [0, 0.05) is 5.02 Å². The van der Waals surface area contributed by atoms with Crippen LogP contribution in [0.15, 0.2) is 61.2 Å². The van der Waals surface area contributed by atoms with Crippen LogP contribution in [0, 0.1) is 0 Å². The van der Waals surface area contributed by atoms with Crippen molar-refractivity contribution in [2.75, 3.05) is 13.2 Å². The number of hydrogen-bond acceptors (Lipinski definition) is 5. The molecule has 1 aromatic heterocycles. The van der Waals surface area contributed by atoms with Gasteiger partial charge < -0.3 is 14.3 Å². The number of nitrogens with zero attached hydrogens (tertiary/aromatic N) is 3. The molecule has 0 aliphatic heterocycles. The van der Waals surface area contributed by atoms with Crippen molar-refractivity contribution < 1.29 is 14.3 Å². The average molecular weight is 332 g/mol. The van der Waals surface area contributed by atoms with Crippen molar-refractivity contribution in [2.24, 2.45) is 0 Å². The minimum absolute atomic E-state index is 0.367. The fourth-order valence-electron chi connectivity index (χ4n) is 1.80. The Morgan fingerprint density at radius 1 is 0.870 bits per heavy atom. The minimum atomic E-state index is 0.367. The molecule has 0 saturated heterocycles. The topological polar surface area (TPSA) is 58.4 Å². The molecule has 0 spiro atoms. The quantitative estimate of drug-likeness (QED) is 0.622. The Bertz CT molecular complexity index is 715. The molecule has 6 nitrogen and oxygen atoms in total. The molecule has 0 N–H and O–H groups in total. The van der Waals surface area contributed by atoms with Crippen LogP contribution in [0.2, 0.25) is 5.02 Å². The van der Waals surface area contributed by atoms with E-state index in [2.05, 4.69) is 10.1 Å². The summed E-state index contributed by atoms with van der Waals surface area (Å²) in [7, 11) is 0. The van der Waals surface area contributed by atoms with Crippen molar-refractivity contribution in [2.45, 2.75) is 0 Å². The van der Waals surface area contributed by atoms with Crippen LogP contribution in [0.5, 0.6) is 17.2 Å². The molecule has 0 aliphatic carbocycles. The number of benzene rings is 2. The molecule has 3 rings (SSSR count). The molecule has 0 atom stereocenters. The molecule has 23 heavy (non-hydrogen) atoms. The smallest absolute Gasteiger partial charge is 0.155 e. The maximum Gasteiger partial charge on any atom is 0.155 e. The van der Waals surface area contributed by atoms with Gasteiger partial charge in [-0.1, -0.05) is 16.4 Å². The van der Waals surface area contributed by atoms with E-state index in [-0.39, 0.29) is 0 Å². The van der Waals surface area contributed by atoms with Gasteiger partial charge in [0.05, 0.1) is 0 Å². The first-order valence-electron chi connectivity index (χ1n) is 6.94. The molecule has 2 aromatic carbocycles. The summed E-state index contributed by atoms with van der Waals surface area (Å²) in [5.74, 6) is 2.18. The van der Waals surface area contributed by atoms with E-state index in [4.69, 9.17) is 25.9 Å². The van der Waals surface area contributed by atoms with E-state index >= 15 is 0 Å². The number of aromatic nitrogens is 3. The van der Waals surface area contributed by atoms with Crippen LogP contribution in [0.3, 0.4) is 0 Å². The summed E-state index contributed by atoms with van der Waals surface area (Å²) in [5, 5.41) is 4.50. The van der Waals surface area contributed by atoms with E-state index in [1.165, 1.54) is 17.5 Å². The first kappa shape index (κ1) is 15.2. The van der Waals surface area contributed by atoms with Crippen molar-refractivity contribution in [1.82, 2.24) is 14.9 Å². The zero-order valence-electron chi connectivity index (χ0n) is 12.1. The van der Waals surface area contributed by atoms with E-state index in [1.807, 2.05) is 36.4 Å². The first-order valence-corrected chi connectivity index (χ1v) is 7.31. The summed E-state index contributed by atoms with van der Waals surface area (Å²) in [5.41, 5.74) is 0. The third-order valence-electron chi connectivity index (χ3n) is 2.85. The van der Waals surface area contributed by atoms with E-state index in [0.717, 1.165) is 17.2 Å². The van der Waals surface area contributed by atoms with Gasteiger partial charge in [-0.2, -0.15) is 0 Å². The molecular formula is C16H14ClN3O3. The van der Waals surface area contributed by atoms with Crippen LogP contribution < -0.4 is 14.3 Å². The van der Waals surface area contributed by atoms with Crippen LogP contribution in [0.25, 0.3) is 0 Å². The third kappa shape index (κ3) is 4.62. The Kier molecular flexibility index (Phi) is 4.95. The van der Waals surface area contributed by atoms with E-state index < -0.39 is 0 Å². The van der Waals surface area contributed by atoms with E-state index in [9.17, 15) is 0 Å². The van der Waals surface area contributed by atoms with Gasteiger partial charge in [0.1, 0.15) is 30.2 Å². The summed E-state index contributed by atoms with van der Waals surface area (Å²) >= 11 is 5.84. The van der Waals surface area contributed by atoms with Crippen LogP contribution in [-0.4, -0.2) is 28.1 Å². The van der Waals surface area contributed by atoms with E-state index in [0.29, 0.717) is 18.2 Å². The lowest BCUT2D eigenvalue weighted by Crippen LogP contribution is -2.18. The molecule has 118 valence electrons. The van der Waals surface area contributed by atoms with Crippen LogP contribution in [0.1, 0.15) is 0 Å². The average Bonchev–Trinajstić information content (AvgIpc) is 3.09. The Morgan fingerprint density at radius 2 is 1.52 bits per heavy atom. The molecule has 0 aliphatic rings. The van der Waals surface area contributed by atoms with Gasteiger partial charge >= 0.3 is 0 Å². The molecule has 0 fully saturated rings. The summed E-state index contributed by atoms with van der Waals surface area (Å²) < 4.78 is 11.3. The monoisotopic (exact) mass is 331 g/mol. The maximum atomic E-state index is 5.84. The first-order chi connectivity index (χ1) is 11.3. The second-order valence-corrected chi connectivity index (χ2v) is 4.94. The van der Waals surface area contributed by atoms with Gasteiger partial charge in [0.25, 0.3) is 0 Å². The lowest BCUT2D eigenvalue weighted by molar-refractivity contribution is 0.0590. The number of rotatable bonds is 7. The highest BCUT2D eigenvalue weighted by atomic mass is 35.5. The Labute approximate surface area is 138 Å². The van der Waals surface area contributed by atoms with Gasteiger partial charge in [0.2, 0.25) is 0 Å². The molecule has 0 saturated carbocycles. The van der Waals surface area contributed by atoms with E-state index in [1.54, 1.807) is 12.1 Å². The van der Waals surface area contributed by atoms with Gasteiger partial charge in [-0.15, -0.1) is 5.10 Å². The molecular weight excluding hydrogens is 318 g/mol. The molecule has 7 heteroatoms. The number of hydrogen-bond donors (Lipinski definition) is 0. The van der Waals surface area contributed by atoms with Crippen molar-refractivity contribution in [3.8, 4) is 17.2 Å². The third-order valence-corrected chi connectivity index (χ3v) is 3.10. The molecule has 0 bridgehead atoms. The molecule has 3 aromatic rings. The second kappa shape index (κ2) is 7.51.